The molecule has 3 rings (SSSR count). The molecule has 2 aromatic heterocycles. The lowest BCUT2D eigenvalue weighted by atomic mass is 10.0. The third-order valence-corrected chi connectivity index (χ3v) is 5.54. The summed E-state index contributed by atoms with van der Waals surface area (Å²) in [5.74, 6) is 0. The van der Waals surface area contributed by atoms with Crippen molar-refractivity contribution in [2.24, 2.45) is 0 Å². The molecule has 98 valence electrons. The zero-order chi connectivity index (χ0) is 13.2. The van der Waals surface area contributed by atoms with Crippen molar-refractivity contribution < 1.29 is 0 Å². The van der Waals surface area contributed by atoms with Gasteiger partial charge in [-0.25, -0.2) is 0 Å². The van der Waals surface area contributed by atoms with Crippen molar-refractivity contribution in [1.29, 1.82) is 0 Å². The molecule has 0 aliphatic heterocycles. The van der Waals surface area contributed by atoms with Gasteiger partial charge in [-0.2, -0.15) is 0 Å². The summed E-state index contributed by atoms with van der Waals surface area (Å²) in [6.07, 6.45) is 0. The van der Waals surface area contributed by atoms with E-state index in [4.69, 9.17) is 11.6 Å². The van der Waals surface area contributed by atoms with Crippen molar-refractivity contribution in [3.8, 4) is 0 Å². The number of thiophene rings is 2. The van der Waals surface area contributed by atoms with E-state index in [0.29, 0.717) is 0 Å². The van der Waals surface area contributed by atoms with Gasteiger partial charge in [0.1, 0.15) is 0 Å². The van der Waals surface area contributed by atoms with E-state index in [-0.39, 0.29) is 6.04 Å². The third kappa shape index (κ3) is 2.43. The van der Waals surface area contributed by atoms with Crippen LogP contribution in [-0.4, -0.2) is 6.54 Å². The molecule has 0 fully saturated rings. The van der Waals surface area contributed by atoms with Crippen LogP contribution < -0.4 is 5.32 Å². The van der Waals surface area contributed by atoms with Gasteiger partial charge in [0, 0.05) is 9.58 Å². The summed E-state index contributed by atoms with van der Waals surface area (Å²) in [6.45, 7) is 3.05. The molecular weight excluding hydrogens is 294 g/mol. The normalized spacial score (nSPS) is 12.9. The zero-order valence-corrected chi connectivity index (χ0v) is 12.9. The first-order valence-corrected chi connectivity index (χ1v) is 8.37. The number of benzene rings is 1. The first kappa shape index (κ1) is 13.1. The topological polar surface area (TPSA) is 12.0 Å². The second kappa shape index (κ2) is 5.63. The summed E-state index contributed by atoms with van der Waals surface area (Å²) >= 11 is 9.83. The molecule has 1 atom stereocenters. The van der Waals surface area contributed by atoms with Gasteiger partial charge in [0.05, 0.1) is 11.1 Å². The summed E-state index contributed by atoms with van der Waals surface area (Å²) in [4.78, 5) is 1.20. The van der Waals surface area contributed by atoms with Crippen LogP contribution >= 0.6 is 34.3 Å². The van der Waals surface area contributed by atoms with E-state index < -0.39 is 0 Å². The average Bonchev–Trinajstić information content (AvgIpc) is 3.04. The van der Waals surface area contributed by atoms with Crippen molar-refractivity contribution in [3.63, 3.8) is 0 Å². The Bertz CT molecular complexity index is 686. The Morgan fingerprint density at radius 1 is 1.16 bits per heavy atom. The van der Waals surface area contributed by atoms with Crippen LogP contribution in [0, 0.1) is 0 Å². The molecule has 0 spiro atoms. The SMILES string of the molecule is CCNC(c1sccc1Cl)c1cccc2ccsc12. The largest absolute Gasteiger partial charge is 0.306 e. The van der Waals surface area contributed by atoms with E-state index in [2.05, 4.69) is 47.3 Å². The van der Waals surface area contributed by atoms with Crippen LogP contribution in [0.5, 0.6) is 0 Å². The molecule has 1 nitrogen and oxygen atoms in total. The molecule has 0 aliphatic rings. The van der Waals surface area contributed by atoms with Crippen LogP contribution in [0.4, 0.5) is 0 Å². The summed E-state index contributed by atoms with van der Waals surface area (Å²) in [5, 5.41) is 9.91. The molecule has 0 saturated carbocycles. The highest BCUT2D eigenvalue weighted by molar-refractivity contribution is 7.17. The standard InChI is InChI=1S/C15H14ClNS2/c1-2-17-13(15-12(16)7-9-19-15)11-5-3-4-10-6-8-18-14(10)11/h3-9,13,17H,2H2,1H3. The fraction of sp³-hybridized carbons (Fsp3) is 0.200. The number of hydrogen-bond donors (Lipinski definition) is 1. The Balaban J connectivity index is 2.15. The molecule has 1 N–H and O–H groups in total. The van der Waals surface area contributed by atoms with Gasteiger partial charge in [0.25, 0.3) is 0 Å². The molecule has 0 saturated heterocycles. The Morgan fingerprint density at radius 3 is 2.74 bits per heavy atom. The van der Waals surface area contributed by atoms with E-state index in [1.54, 1.807) is 22.7 Å². The van der Waals surface area contributed by atoms with Gasteiger partial charge in [-0.05, 0) is 40.4 Å². The number of rotatable bonds is 4. The Kier molecular flexibility index (Phi) is 3.89. The molecule has 2 heterocycles. The summed E-state index contributed by atoms with van der Waals surface area (Å²) in [5.41, 5.74) is 1.32. The molecule has 3 aromatic rings. The molecule has 4 heteroatoms. The van der Waals surface area contributed by atoms with Crippen molar-refractivity contribution >= 4 is 44.4 Å². The maximum absolute atomic E-state index is 6.32. The lowest BCUT2D eigenvalue weighted by Gasteiger charge is -2.18. The minimum Gasteiger partial charge on any atom is -0.306 e. The fourth-order valence-electron chi connectivity index (χ4n) is 2.30. The maximum Gasteiger partial charge on any atom is 0.0700 e. The first-order chi connectivity index (χ1) is 9.31. The molecule has 0 amide bonds. The van der Waals surface area contributed by atoms with Crippen molar-refractivity contribution in [3.05, 3.63) is 56.6 Å². The highest BCUT2D eigenvalue weighted by atomic mass is 35.5. The van der Waals surface area contributed by atoms with E-state index in [1.165, 1.54) is 20.5 Å². The third-order valence-electron chi connectivity index (χ3n) is 3.14. The van der Waals surface area contributed by atoms with Crippen LogP contribution in [0.15, 0.2) is 41.1 Å². The summed E-state index contributed by atoms with van der Waals surface area (Å²) in [6, 6.07) is 10.8. The highest BCUT2D eigenvalue weighted by Crippen LogP contribution is 2.37. The summed E-state index contributed by atoms with van der Waals surface area (Å²) < 4.78 is 1.35. The van der Waals surface area contributed by atoms with Gasteiger partial charge in [-0.15, -0.1) is 22.7 Å². The minimum atomic E-state index is 0.180. The summed E-state index contributed by atoms with van der Waals surface area (Å²) in [7, 11) is 0. The minimum absolute atomic E-state index is 0.180. The van der Waals surface area contributed by atoms with Crippen LogP contribution in [-0.2, 0) is 0 Å². The monoisotopic (exact) mass is 307 g/mol. The number of nitrogens with one attached hydrogen (secondary N) is 1. The molecular formula is C15H14ClNS2. The smallest absolute Gasteiger partial charge is 0.0700 e. The number of halogens is 1. The van der Waals surface area contributed by atoms with Gasteiger partial charge in [-0.3, -0.25) is 0 Å². The Labute approximate surface area is 125 Å². The fourth-order valence-corrected chi connectivity index (χ4v) is 4.51. The van der Waals surface area contributed by atoms with Gasteiger partial charge in [0.15, 0.2) is 0 Å². The van der Waals surface area contributed by atoms with E-state index in [0.717, 1.165) is 11.6 Å². The molecule has 1 aromatic carbocycles. The van der Waals surface area contributed by atoms with Gasteiger partial charge >= 0.3 is 0 Å². The predicted molar refractivity (Wildman–Crippen MR) is 86.7 cm³/mol. The maximum atomic E-state index is 6.32. The number of fused-ring (bicyclic) bond motifs is 1. The second-order valence-corrected chi connectivity index (χ2v) is 6.58. The Hall–Kier alpha value is -0.870. The quantitative estimate of drug-likeness (QED) is 0.688. The van der Waals surface area contributed by atoms with Gasteiger partial charge in [0.2, 0.25) is 0 Å². The van der Waals surface area contributed by atoms with Crippen molar-refractivity contribution in [2.75, 3.05) is 6.54 Å². The Morgan fingerprint density at radius 2 is 2.00 bits per heavy atom. The second-order valence-electron chi connectivity index (χ2n) is 4.31. The molecule has 0 radical (unpaired) electrons. The van der Waals surface area contributed by atoms with Gasteiger partial charge in [-0.1, -0.05) is 36.7 Å². The first-order valence-electron chi connectivity index (χ1n) is 6.23. The van der Waals surface area contributed by atoms with Crippen LogP contribution in [0.3, 0.4) is 0 Å². The van der Waals surface area contributed by atoms with E-state index >= 15 is 0 Å². The van der Waals surface area contributed by atoms with Crippen LogP contribution in [0.25, 0.3) is 10.1 Å². The number of hydrogen-bond acceptors (Lipinski definition) is 3. The van der Waals surface area contributed by atoms with Gasteiger partial charge < -0.3 is 5.32 Å². The van der Waals surface area contributed by atoms with Crippen molar-refractivity contribution in [2.45, 2.75) is 13.0 Å². The van der Waals surface area contributed by atoms with Crippen molar-refractivity contribution in [1.82, 2.24) is 5.32 Å². The van der Waals surface area contributed by atoms with Crippen LogP contribution in [0.1, 0.15) is 23.4 Å². The lowest BCUT2D eigenvalue weighted by Crippen LogP contribution is -2.21. The van der Waals surface area contributed by atoms with Crippen LogP contribution in [0.2, 0.25) is 5.02 Å². The molecule has 19 heavy (non-hydrogen) atoms. The predicted octanol–water partition coefficient (Wildman–Crippen LogP) is 5.32. The highest BCUT2D eigenvalue weighted by Gasteiger charge is 2.19. The molecule has 0 bridgehead atoms. The molecule has 1 unspecified atom stereocenters. The zero-order valence-electron chi connectivity index (χ0n) is 10.5. The molecule has 0 aliphatic carbocycles. The van der Waals surface area contributed by atoms with E-state index in [1.807, 2.05) is 6.07 Å². The van der Waals surface area contributed by atoms with E-state index in [9.17, 15) is 0 Å². The average molecular weight is 308 g/mol. The lowest BCUT2D eigenvalue weighted by molar-refractivity contribution is 0.644.